The van der Waals surface area contributed by atoms with E-state index in [0.717, 1.165) is 11.3 Å². The number of hydrogen-bond donors (Lipinski definition) is 1. The molecule has 0 saturated carbocycles. The maximum atomic E-state index is 11.1. The maximum Gasteiger partial charge on any atom is 0.315 e. The molecule has 118 valence electrons. The summed E-state index contributed by atoms with van der Waals surface area (Å²) in [6, 6.07) is 9.53. The van der Waals surface area contributed by atoms with Gasteiger partial charge in [-0.25, -0.2) is 4.98 Å². The lowest BCUT2D eigenvalue weighted by molar-refractivity contribution is -0.419. The number of benzene rings is 1. The molecule has 0 saturated heterocycles. The number of nitrogens with one attached hydrogen (secondary N) is 2. The Kier molecular flexibility index (Phi) is 4.76. The Balaban J connectivity index is 2.29. The third-order valence-electron chi connectivity index (χ3n) is 3.57. The van der Waals surface area contributed by atoms with Gasteiger partial charge >= 0.3 is 5.69 Å². The number of anilines is 1. The molecule has 0 radical (unpaired) electrons. The highest BCUT2D eigenvalue weighted by molar-refractivity contribution is 5.59. The van der Waals surface area contributed by atoms with Crippen LogP contribution in [0.25, 0.3) is 0 Å². The third-order valence-corrected chi connectivity index (χ3v) is 3.57. The summed E-state index contributed by atoms with van der Waals surface area (Å²) in [6.45, 7) is 3.67. The lowest BCUT2D eigenvalue weighted by Gasteiger charge is -2.06. The van der Waals surface area contributed by atoms with Crippen LogP contribution in [-0.2, 0) is 6.54 Å². The first-order chi connectivity index (χ1) is 11.0. The van der Waals surface area contributed by atoms with Crippen LogP contribution in [0.1, 0.15) is 22.4 Å². The Morgan fingerprint density at radius 2 is 2.00 bits per heavy atom. The zero-order chi connectivity index (χ0) is 17.0. The SMILES string of the molecule is COc1ccc(CNc2[nH+]c(C)c([N+](=O)[O-])c(C)c2C#N)cc1. The summed E-state index contributed by atoms with van der Waals surface area (Å²) in [5.74, 6) is 1.24. The predicted octanol–water partition coefficient (Wildman–Crippen LogP) is 2.52. The molecule has 0 fully saturated rings. The average molecular weight is 313 g/mol. The number of aryl methyl sites for hydroxylation is 1. The van der Waals surface area contributed by atoms with Crippen LogP contribution in [-0.4, -0.2) is 12.0 Å². The van der Waals surface area contributed by atoms with Crippen molar-refractivity contribution in [2.24, 2.45) is 0 Å². The zero-order valence-electron chi connectivity index (χ0n) is 13.1. The standard InChI is InChI=1S/C16H16N4O3/c1-10-14(8-17)16(19-11(2)15(10)20(21)22)18-9-12-4-6-13(23-3)7-5-12/h4-7H,9H2,1-3H3,(H,18,19)/p+1. The van der Waals surface area contributed by atoms with E-state index < -0.39 is 4.92 Å². The molecule has 23 heavy (non-hydrogen) atoms. The third kappa shape index (κ3) is 3.37. The number of H-pyrrole nitrogens is 1. The molecule has 0 aliphatic carbocycles. The number of nitro groups is 1. The molecule has 0 amide bonds. The maximum absolute atomic E-state index is 11.1. The van der Waals surface area contributed by atoms with Crippen LogP contribution < -0.4 is 15.0 Å². The molecule has 0 aliphatic rings. The van der Waals surface area contributed by atoms with Crippen molar-refractivity contribution in [1.29, 1.82) is 5.26 Å². The number of aromatic amines is 1. The van der Waals surface area contributed by atoms with Crippen molar-refractivity contribution in [3.05, 3.63) is 56.8 Å². The molecule has 2 rings (SSSR count). The quantitative estimate of drug-likeness (QED) is 0.675. The van der Waals surface area contributed by atoms with Crippen molar-refractivity contribution in [3.63, 3.8) is 0 Å². The molecular weight excluding hydrogens is 296 g/mol. The van der Waals surface area contributed by atoms with E-state index in [-0.39, 0.29) is 11.3 Å². The van der Waals surface area contributed by atoms with Gasteiger partial charge in [0.2, 0.25) is 0 Å². The Labute approximate surface area is 133 Å². The largest absolute Gasteiger partial charge is 0.497 e. The van der Waals surface area contributed by atoms with Gasteiger partial charge in [0.15, 0.2) is 11.3 Å². The molecule has 0 bridgehead atoms. The predicted molar refractivity (Wildman–Crippen MR) is 84.2 cm³/mol. The van der Waals surface area contributed by atoms with Crippen LogP contribution in [0.15, 0.2) is 24.3 Å². The summed E-state index contributed by atoms with van der Waals surface area (Å²) in [4.78, 5) is 13.5. The molecule has 2 N–H and O–H groups in total. The van der Waals surface area contributed by atoms with Crippen molar-refractivity contribution in [3.8, 4) is 11.8 Å². The molecule has 1 aromatic carbocycles. The van der Waals surface area contributed by atoms with Gasteiger partial charge in [0, 0.05) is 6.92 Å². The van der Waals surface area contributed by atoms with Gasteiger partial charge in [0.05, 0.1) is 17.6 Å². The lowest BCUT2D eigenvalue weighted by Crippen LogP contribution is -2.21. The first-order valence-corrected chi connectivity index (χ1v) is 6.95. The van der Waals surface area contributed by atoms with Crippen LogP contribution >= 0.6 is 0 Å². The van der Waals surface area contributed by atoms with Gasteiger partial charge in [-0.1, -0.05) is 12.1 Å². The van der Waals surface area contributed by atoms with E-state index in [1.165, 1.54) is 0 Å². The molecule has 0 spiro atoms. The highest BCUT2D eigenvalue weighted by atomic mass is 16.6. The normalized spacial score (nSPS) is 10.0. The van der Waals surface area contributed by atoms with Crippen molar-refractivity contribution >= 4 is 11.5 Å². The van der Waals surface area contributed by atoms with Crippen molar-refractivity contribution in [1.82, 2.24) is 0 Å². The van der Waals surface area contributed by atoms with E-state index in [2.05, 4.69) is 10.3 Å². The van der Waals surface area contributed by atoms with Gasteiger partial charge in [-0.05, 0) is 24.6 Å². The number of ether oxygens (including phenoxy) is 1. The zero-order valence-corrected chi connectivity index (χ0v) is 13.1. The lowest BCUT2D eigenvalue weighted by atomic mass is 10.1. The second kappa shape index (κ2) is 6.75. The molecule has 0 atom stereocenters. The number of pyridine rings is 1. The fraction of sp³-hybridized carbons (Fsp3) is 0.250. The van der Waals surface area contributed by atoms with Gasteiger partial charge in [-0.2, -0.15) is 5.26 Å². The van der Waals surface area contributed by atoms with Crippen LogP contribution in [0, 0.1) is 35.3 Å². The van der Waals surface area contributed by atoms with Crippen molar-refractivity contribution in [2.75, 3.05) is 12.4 Å². The number of aromatic nitrogens is 1. The molecule has 7 nitrogen and oxygen atoms in total. The van der Waals surface area contributed by atoms with E-state index in [0.29, 0.717) is 23.6 Å². The van der Waals surface area contributed by atoms with E-state index in [9.17, 15) is 15.4 Å². The summed E-state index contributed by atoms with van der Waals surface area (Å²) in [5, 5.41) is 23.5. The van der Waals surface area contributed by atoms with Gasteiger partial charge in [0.1, 0.15) is 18.4 Å². The summed E-state index contributed by atoms with van der Waals surface area (Å²) < 4.78 is 5.10. The Bertz CT molecular complexity index is 779. The van der Waals surface area contributed by atoms with Gasteiger partial charge in [-0.3, -0.25) is 15.4 Å². The molecule has 7 heteroatoms. The molecular formula is C16H17N4O3+. The highest BCUT2D eigenvalue weighted by Gasteiger charge is 2.26. The van der Waals surface area contributed by atoms with E-state index in [1.54, 1.807) is 21.0 Å². The van der Waals surface area contributed by atoms with Crippen molar-refractivity contribution in [2.45, 2.75) is 20.4 Å². The smallest absolute Gasteiger partial charge is 0.315 e. The van der Waals surface area contributed by atoms with E-state index in [4.69, 9.17) is 4.74 Å². The van der Waals surface area contributed by atoms with Crippen LogP contribution in [0.3, 0.4) is 0 Å². The molecule has 1 heterocycles. The van der Waals surface area contributed by atoms with Crippen LogP contribution in [0.5, 0.6) is 5.75 Å². The summed E-state index contributed by atoms with van der Waals surface area (Å²) in [5.41, 5.74) is 1.94. The summed E-state index contributed by atoms with van der Waals surface area (Å²) in [7, 11) is 1.60. The number of nitriles is 1. The topological polar surface area (TPSA) is 102 Å². The van der Waals surface area contributed by atoms with Gasteiger partial charge in [0.25, 0.3) is 5.82 Å². The number of hydrogen-bond acceptors (Lipinski definition) is 5. The van der Waals surface area contributed by atoms with Crippen LogP contribution in [0.4, 0.5) is 11.5 Å². The molecule has 0 aliphatic heterocycles. The number of rotatable bonds is 5. The van der Waals surface area contributed by atoms with E-state index in [1.807, 2.05) is 30.3 Å². The molecule has 0 unspecified atom stereocenters. The number of nitrogens with zero attached hydrogens (tertiary/aromatic N) is 2. The molecule has 1 aromatic heterocycles. The van der Waals surface area contributed by atoms with Crippen molar-refractivity contribution < 1.29 is 14.6 Å². The van der Waals surface area contributed by atoms with E-state index >= 15 is 0 Å². The summed E-state index contributed by atoms with van der Waals surface area (Å²) in [6.07, 6.45) is 0. The average Bonchev–Trinajstić information content (AvgIpc) is 2.52. The number of methoxy groups -OCH3 is 1. The fourth-order valence-corrected chi connectivity index (χ4v) is 2.38. The minimum atomic E-state index is -0.477. The summed E-state index contributed by atoms with van der Waals surface area (Å²) >= 11 is 0. The van der Waals surface area contributed by atoms with Crippen LogP contribution in [0.2, 0.25) is 0 Å². The Morgan fingerprint density at radius 1 is 1.35 bits per heavy atom. The fourth-order valence-electron chi connectivity index (χ4n) is 2.38. The highest BCUT2D eigenvalue weighted by Crippen LogP contribution is 2.26. The second-order valence-electron chi connectivity index (χ2n) is 5.04. The monoisotopic (exact) mass is 313 g/mol. The first kappa shape index (κ1) is 16.2. The minimum Gasteiger partial charge on any atom is -0.497 e. The molecule has 2 aromatic rings. The Morgan fingerprint density at radius 3 is 2.52 bits per heavy atom. The van der Waals surface area contributed by atoms with Gasteiger partial charge in [-0.15, -0.1) is 0 Å². The first-order valence-electron chi connectivity index (χ1n) is 6.95. The Hall–Kier alpha value is -3.14. The van der Waals surface area contributed by atoms with Gasteiger partial charge < -0.3 is 4.74 Å². The second-order valence-corrected chi connectivity index (χ2v) is 5.04. The minimum absolute atomic E-state index is 0.0588.